The van der Waals surface area contributed by atoms with E-state index in [9.17, 15) is 14.4 Å². The molecule has 186 valence electrons. The summed E-state index contributed by atoms with van der Waals surface area (Å²) in [7, 11) is 1.60. The minimum atomic E-state index is -0.686. The first kappa shape index (κ1) is 24.9. The Balaban J connectivity index is 1.64. The third kappa shape index (κ3) is 4.96. The molecule has 2 aliphatic rings. The van der Waals surface area contributed by atoms with E-state index in [2.05, 4.69) is 10.6 Å². The molecule has 1 aliphatic heterocycles. The van der Waals surface area contributed by atoms with Crippen molar-refractivity contribution in [2.24, 2.45) is 23.7 Å². The Morgan fingerprint density at radius 1 is 1.00 bits per heavy atom. The zero-order chi connectivity index (χ0) is 24.9. The predicted molar refractivity (Wildman–Crippen MR) is 136 cm³/mol. The zero-order valence-electron chi connectivity index (χ0n) is 20.4. The predicted octanol–water partition coefficient (Wildman–Crippen LogP) is 3.34. The Morgan fingerprint density at radius 3 is 2.49 bits per heavy atom. The van der Waals surface area contributed by atoms with Gasteiger partial charge in [-0.3, -0.25) is 14.4 Å². The van der Waals surface area contributed by atoms with Crippen LogP contribution in [0.3, 0.4) is 0 Å². The minimum absolute atomic E-state index is 0.0429. The highest BCUT2D eigenvalue weighted by molar-refractivity contribution is 6.02. The Bertz CT molecular complexity index is 1110. The molecule has 5 atom stereocenters. The van der Waals surface area contributed by atoms with Crippen molar-refractivity contribution in [2.45, 2.75) is 38.6 Å². The Labute approximate surface area is 206 Å². The summed E-state index contributed by atoms with van der Waals surface area (Å²) in [4.78, 5) is 41.9. The summed E-state index contributed by atoms with van der Waals surface area (Å²) in [6, 6.07) is 13.0. The van der Waals surface area contributed by atoms with Gasteiger partial charge in [-0.2, -0.15) is 0 Å². The molecule has 7 heteroatoms. The first-order chi connectivity index (χ1) is 17.0. The maximum Gasteiger partial charge on any atom is 0.247 e. The minimum Gasteiger partial charge on any atom is -0.396 e. The number of amides is 3. The average Bonchev–Trinajstić information content (AvgIpc) is 3.16. The summed E-state index contributed by atoms with van der Waals surface area (Å²) < 4.78 is 0. The summed E-state index contributed by atoms with van der Waals surface area (Å²) in [5, 5.41) is 17.0. The lowest BCUT2D eigenvalue weighted by molar-refractivity contribution is -0.140. The number of anilines is 1. The highest BCUT2D eigenvalue weighted by Crippen LogP contribution is 2.45. The van der Waals surface area contributed by atoms with Crippen LogP contribution in [-0.2, 0) is 14.4 Å². The Kier molecular flexibility index (Phi) is 7.86. The van der Waals surface area contributed by atoms with Crippen molar-refractivity contribution >= 4 is 34.2 Å². The summed E-state index contributed by atoms with van der Waals surface area (Å²) in [5.74, 6) is -1.99. The van der Waals surface area contributed by atoms with Crippen LogP contribution in [0.25, 0.3) is 10.8 Å². The highest BCUT2D eigenvalue weighted by atomic mass is 16.3. The maximum absolute atomic E-state index is 13.7. The third-order valence-electron chi connectivity index (χ3n) is 7.48. The van der Waals surface area contributed by atoms with Gasteiger partial charge in [0, 0.05) is 31.8 Å². The van der Waals surface area contributed by atoms with Crippen LogP contribution >= 0.6 is 0 Å². The molecule has 1 fully saturated rings. The van der Waals surface area contributed by atoms with Crippen LogP contribution in [0.5, 0.6) is 0 Å². The van der Waals surface area contributed by atoms with E-state index in [-0.39, 0.29) is 36.2 Å². The summed E-state index contributed by atoms with van der Waals surface area (Å²) in [5.41, 5.74) is 0.680. The number of likely N-dealkylation sites (tertiary alicyclic amines) is 1. The van der Waals surface area contributed by atoms with Crippen molar-refractivity contribution < 1.29 is 19.5 Å². The molecular weight excluding hydrogens is 442 g/mol. The van der Waals surface area contributed by atoms with Gasteiger partial charge in [0.05, 0.1) is 11.8 Å². The second kappa shape index (κ2) is 11.0. The van der Waals surface area contributed by atoms with Gasteiger partial charge in [-0.15, -0.1) is 0 Å². The number of hydrogen-bond donors (Lipinski definition) is 3. The van der Waals surface area contributed by atoms with Crippen LogP contribution in [0.4, 0.5) is 5.69 Å². The lowest BCUT2D eigenvalue weighted by Gasteiger charge is -2.33. The van der Waals surface area contributed by atoms with Crippen molar-refractivity contribution in [1.82, 2.24) is 10.2 Å². The molecule has 3 N–H and O–H groups in total. The zero-order valence-corrected chi connectivity index (χ0v) is 20.4. The molecular formula is C28H35N3O4. The van der Waals surface area contributed by atoms with Crippen LogP contribution < -0.4 is 10.6 Å². The lowest BCUT2D eigenvalue weighted by atomic mass is 9.69. The number of allylic oxidation sites excluding steroid dienone is 1. The fourth-order valence-corrected chi connectivity index (χ4v) is 5.71. The largest absolute Gasteiger partial charge is 0.396 e. The van der Waals surface area contributed by atoms with Crippen LogP contribution in [0.2, 0.25) is 0 Å². The quantitative estimate of drug-likeness (QED) is 0.381. The van der Waals surface area contributed by atoms with E-state index in [0.717, 1.165) is 23.6 Å². The number of aliphatic hydroxyl groups excluding tert-OH is 1. The second-order valence-corrected chi connectivity index (χ2v) is 9.51. The van der Waals surface area contributed by atoms with Crippen molar-refractivity contribution in [3.63, 3.8) is 0 Å². The normalized spacial score (nSPS) is 25.5. The van der Waals surface area contributed by atoms with Gasteiger partial charge in [-0.1, -0.05) is 49.4 Å². The van der Waals surface area contributed by atoms with E-state index >= 15 is 0 Å². The van der Waals surface area contributed by atoms with E-state index in [0.29, 0.717) is 25.1 Å². The van der Waals surface area contributed by atoms with Crippen LogP contribution in [0, 0.1) is 23.7 Å². The lowest BCUT2D eigenvalue weighted by Crippen LogP contribution is -2.45. The van der Waals surface area contributed by atoms with Gasteiger partial charge in [-0.05, 0) is 54.5 Å². The number of carbonyl (C=O) groups is 3. The van der Waals surface area contributed by atoms with Gasteiger partial charge in [0.15, 0.2) is 0 Å². The smallest absolute Gasteiger partial charge is 0.247 e. The van der Waals surface area contributed by atoms with E-state index < -0.39 is 17.9 Å². The molecule has 0 unspecified atom stereocenters. The highest BCUT2D eigenvalue weighted by Gasteiger charge is 2.56. The first-order valence-corrected chi connectivity index (χ1v) is 12.6. The van der Waals surface area contributed by atoms with E-state index in [1.807, 2.05) is 61.5 Å². The molecule has 4 rings (SSSR count). The van der Waals surface area contributed by atoms with Crippen LogP contribution in [-0.4, -0.2) is 54.0 Å². The molecule has 2 aromatic rings. The van der Waals surface area contributed by atoms with Gasteiger partial charge in [0.2, 0.25) is 17.7 Å². The Morgan fingerprint density at radius 2 is 1.77 bits per heavy atom. The summed E-state index contributed by atoms with van der Waals surface area (Å²) in [6.07, 6.45) is 6.85. The topological polar surface area (TPSA) is 98.7 Å². The first-order valence-electron chi connectivity index (χ1n) is 12.6. The number of aliphatic hydroxyl groups is 1. The van der Waals surface area contributed by atoms with Crippen LogP contribution in [0.1, 0.15) is 32.6 Å². The van der Waals surface area contributed by atoms with E-state index in [1.165, 1.54) is 0 Å². The van der Waals surface area contributed by atoms with E-state index in [4.69, 9.17) is 5.11 Å². The number of nitrogens with zero attached hydrogens (tertiary/aromatic N) is 1. The number of unbranched alkanes of at least 4 members (excludes halogenated alkanes) is 2. The van der Waals surface area contributed by atoms with Gasteiger partial charge < -0.3 is 20.6 Å². The van der Waals surface area contributed by atoms with Gasteiger partial charge >= 0.3 is 0 Å². The molecule has 0 saturated carbocycles. The molecule has 0 spiro atoms. The molecule has 0 aromatic heterocycles. The van der Waals surface area contributed by atoms with E-state index in [1.54, 1.807) is 11.9 Å². The number of hydrogen-bond acceptors (Lipinski definition) is 4. The second-order valence-electron chi connectivity index (χ2n) is 9.51. The molecule has 7 nitrogen and oxygen atoms in total. The summed E-state index contributed by atoms with van der Waals surface area (Å²) >= 11 is 0. The average molecular weight is 478 g/mol. The number of rotatable bonds is 9. The Hall–Kier alpha value is -3.19. The standard InChI is InChI=1S/C28H35N3O4/c1-3-18-12-14-22-24(23(18)26(33)29-2)28(35)31(15-7-4-8-16-32)25(22)27(34)30-21-13-11-19-9-5-6-10-20(19)17-21/h5-6,9-14,17-18,22-25,32H,3-4,7-8,15-16H2,1-2H3,(H,29,33)(H,30,34)/t18-,22+,23-,24-,25+/m1/s1. The molecule has 2 aromatic carbocycles. The number of fused-ring (bicyclic) bond motifs is 2. The van der Waals surface area contributed by atoms with Crippen molar-refractivity contribution in [1.29, 1.82) is 0 Å². The SMILES string of the molecule is CC[C@@H]1C=C[C@H]2[C@@H](C(=O)N(CCCCCO)[C@@H]2C(=O)Nc2ccc3ccccc3c2)[C@@H]1C(=O)NC. The van der Waals surface area contributed by atoms with Gasteiger partial charge in [0.1, 0.15) is 6.04 Å². The molecule has 0 radical (unpaired) electrons. The summed E-state index contributed by atoms with van der Waals surface area (Å²) in [6.45, 7) is 2.54. The maximum atomic E-state index is 13.7. The third-order valence-corrected chi connectivity index (χ3v) is 7.48. The van der Waals surface area contributed by atoms with Crippen molar-refractivity contribution in [3.8, 4) is 0 Å². The monoisotopic (exact) mass is 477 g/mol. The van der Waals surface area contributed by atoms with Crippen LogP contribution in [0.15, 0.2) is 54.6 Å². The van der Waals surface area contributed by atoms with Gasteiger partial charge in [0.25, 0.3) is 0 Å². The fourth-order valence-electron chi connectivity index (χ4n) is 5.71. The van der Waals surface area contributed by atoms with Gasteiger partial charge in [-0.25, -0.2) is 0 Å². The van der Waals surface area contributed by atoms with Crippen molar-refractivity contribution in [3.05, 3.63) is 54.6 Å². The molecule has 1 heterocycles. The molecule has 3 amide bonds. The molecule has 1 aliphatic carbocycles. The number of carbonyl (C=O) groups excluding carboxylic acids is 3. The molecule has 0 bridgehead atoms. The number of benzene rings is 2. The van der Waals surface area contributed by atoms with Crippen molar-refractivity contribution in [2.75, 3.05) is 25.5 Å². The number of nitrogens with one attached hydrogen (secondary N) is 2. The fraction of sp³-hybridized carbons (Fsp3) is 0.464. The molecule has 35 heavy (non-hydrogen) atoms. The molecule has 1 saturated heterocycles.